The molecule has 1 atom stereocenters. The maximum atomic E-state index is 11.7. The summed E-state index contributed by atoms with van der Waals surface area (Å²) in [5.74, 6) is 0.110. The second kappa shape index (κ2) is 7.91. The molecule has 1 saturated carbocycles. The SMILES string of the molecule is CCC(=O)N[C@H]1CC/C(=[n+]2/[nH]ncc2=c2ccc(=c3cc4c(cc3C)=NN=C4)cc2)C1. The van der Waals surface area contributed by atoms with Crippen LogP contribution < -0.4 is 15.0 Å². The third kappa shape index (κ3) is 3.67. The van der Waals surface area contributed by atoms with Crippen molar-refractivity contribution < 1.29 is 9.15 Å². The summed E-state index contributed by atoms with van der Waals surface area (Å²) in [5.41, 5.74) is 3.48. The van der Waals surface area contributed by atoms with Crippen molar-refractivity contribution >= 4 is 12.1 Å². The van der Waals surface area contributed by atoms with Gasteiger partial charge in [-0.1, -0.05) is 24.3 Å². The van der Waals surface area contributed by atoms with Gasteiger partial charge in [-0.15, -0.1) is 4.36 Å². The van der Waals surface area contributed by atoms with E-state index >= 15 is 0 Å². The Labute approximate surface area is 178 Å². The highest BCUT2D eigenvalue weighted by Crippen LogP contribution is 2.20. The second-order valence-corrected chi connectivity index (χ2v) is 8.15. The first kappa shape index (κ1) is 19.4. The Hall–Kier alpha value is -3.61. The molecular weight excluding hydrogens is 388 g/mol. The fourth-order valence-corrected chi connectivity index (χ4v) is 4.37. The van der Waals surface area contributed by atoms with Gasteiger partial charge in [0, 0.05) is 41.2 Å². The van der Waals surface area contributed by atoms with Crippen LogP contribution in [0.1, 0.15) is 43.7 Å². The van der Waals surface area contributed by atoms with Crippen LogP contribution in [0, 0.1) is 33.6 Å². The molecule has 3 aromatic rings. The Bertz CT molecular complexity index is 1500. The number of rotatable bonds is 2. The van der Waals surface area contributed by atoms with Gasteiger partial charge in [0.25, 0.3) is 0 Å². The number of nitrogens with zero attached hydrogens (tertiary/aromatic N) is 4. The standard InChI is InChI=1S/C24H24N6O/c1-3-24(31)27-19-8-9-20(12-19)30-23(14-26-29-30)17-6-4-16(5-7-17)21-11-18-13-25-28-22(18)10-15(21)2/h4-7,10-11,13-14,19H,3,8-9,12H2,1-2H3,(H-,25,27,28,29,31)/p+1/b30-20-/t19-/m0/s1. The zero-order valence-corrected chi connectivity index (χ0v) is 17.7. The highest BCUT2D eigenvalue weighted by Gasteiger charge is 2.25. The van der Waals surface area contributed by atoms with Crippen molar-refractivity contribution in [3.63, 3.8) is 0 Å². The molecule has 1 aliphatic carbocycles. The van der Waals surface area contributed by atoms with E-state index in [0.29, 0.717) is 6.42 Å². The minimum absolute atomic E-state index is 0.110. The fourth-order valence-electron chi connectivity index (χ4n) is 4.37. The van der Waals surface area contributed by atoms with Crippen molar-refractivity contribution in [1.29, 1.82) is 0 Å². The topological polar surface area (TPSA) is 88.4 Å². The Morgan fingerprint density at radius 3 is 2.84 bits per heavy atom. The minimum Gasteiger partial charge on any atom is -0.353 e. The van der Waals surface area contributed by atoms with Crippen LogP contribution in [-0.4, -0.2) is 28.5 Å². The molecule has 0 radical (unpaired) electrons. The molecule has 1 aromatic heterocycles. The molecule has 156 valence electrons. The number of benzene rings is 2. The number of aryl methyl sites for hydroxylation is 1. The predicted octanol–water partition coefficient (Wildman–Crippen LogP) is 2.01. The zero-order valence-electron chi connectivity index (χ0n) is 17.7. The molecule has 7 heteroatoms. The maximum Gasteiger partial charge on any atom is 0.219 e. The van der Waals surface area contributed by atoms with E-state index in [-0.39, 0.29) is 11.9 Å². The van der Waals surface area contributed by atoms with Crippen molar-refractivity contribution in [3.8, 4) is 0 Å². The highest BCUT2D eigenvalue weighted by atomic mass is 16.1. The molecule has 2 heterocycles. The average Bonchev–Trinajstić information content (AvgIpc) is 3.53. The summed E-state index contributed by atoms with van der Waals surface area (Å²) in [6.45, 7) is 3.99. The summed E-state index contributed by atoms with van der Waals surface area (Å²) < 4.78 is 2.06. The van der Waals surface area contributed by atoms with Crippen molar-refractivity contribution in [3.05, 3.63) is 85.8 Å². The van der Waals surface area contributed by atoms with Crippen LogP contribution in [0.5, 0.6) is 0 Å². The van der Waals surface area contributed by atoms with Crippen LogP contribution in [0.25, 0.3) is 0 Å². The molecule has 1 aliphatic heterocycles. The number of amides is 1. The van der Waals surface area contributed by atoms with Crippen LogP contribution in [0.15, 0.2) is 52.8 Å². The zero-order chi connectivity index (χ0) is 21.4. The lowest BCUT2D eigenvalue weighted by Crippen LogP contribution is -2.33. The number of hydrogen-bond acceptors (Lipinski definition) is 4. The third-order valence-corrected chi connectivity index (χ3v) is 6.08. The molecule has 0 bridgehead atoms. The molecule has 1 fully saturated rings. The van der Waals surface area contributed by atoms with Crippen molar-refractivity contribution in [2.24, 2.45) is 10.2 Å². The summed E-state index contributed by atoms with van der Waals surface area (Å²) in [5, 5.41) is 24.1. The molecular formula is C24H25N6O+. The number of aromatic nitrogens is 3. The van der Waals surface area contributed by atoms with Crippen molar-refractivity contribution in [2.45, 2.75) is 45.6 Å². The summed E-state index contributed by atoms with van der Waals surface area (Å²) >= 11 is 0. The number of carbonyl (C=O) groups excluding carboxylic acids is 1. The smallest absolute Gasteiger partial charge is 0.219 e. The van der Waals surface area contributed by atoms with Gasteiger partial charge in [-0.25, -0.2) is 0 Å². The van der Waals surface area contributed by atoms with E-state index in [0.717, 1.165) is 46.0 Å². The molecule has 1 amide bonds. The number of aromatic amines is 1. The summed E-state index contributed by atoms with van der Waals surface area (Å²) in [6.07, 6.45) is 6.91. The Balaban J connectivity index is 1.61. The van der Waals surface area contributed by atoms with Crippen LogP contribution in [-0.2, 0) is 4.79 Å². The second-order valence-electron chi connectivity index (χ2n) is 8.15. The lowest BCUT2D eigenvalue weighted by Gasteiger charge is -2.09. The van der Waals surface area contributed by atoms with Gasteiger partial charge in [-0.05, 0) is 53.6 Å². The third-order valence-electron chi connectivity index (χ3n) is 6.08. The molecule has 7 nitrogen and oxygen atoms in total. The lowest BCUT2D eigenvalue weighted by molar-refractivity contribution is -0.601. The minimum atomic E-state index is 0.110. The van der Waals surface area contributed by atoms with Gasteiger partial charge < -0.3 is 5.32 Å². The van der Waals surface area contributed by atoms with Gasteiger partial charge in [-0.3, -0.25) is 4.79 Å². The first-order chi connectivity index (χ1) is 15.1. The van der Waals surface area contributed by atoms with Crippen molar-refractivity contribution in [2.75, 3.05) is 0 Å². The van der Waals surface area contributed by atoms with Crippen LogP contribution in [0.2, 0.25) is 0 Å². The first-order valence-electron chi connectivity index (χ1n) is 10.7. The summed E-state index contributed by atoms with van der Waals surface area (Å²) in [6, 6.07) is 13.0. The summed E-state index contributed by atoms with van der Waals surface area (Å²) in [4.78, 5) is 11.7. The largest absolute Gasteiger partial charge is 0.353 e. The summed E-state index contributed by atoms with van der Waals surface area (Å²) in [7, 11) is 0. The number of nitrogens with one attached hydrogen (secondary N) is 2. The molecule has 2 N–H and O–H groups in total. The fraction of sp³-hybridized carbons (Fsp3) is 0.292. The normalized spacial score (nSPS) is 18.7. The van der Waals surface area contributed by atoms with Crippen LogP contribution >= 0.6 is 0 Å². The van der Waals surface area contributed by atoms with E-state index in [2.05, 4.69) is 73.5 Å². The van der Waals surface area contributed by atoms with Gasteiger partial charge in [0.1, 0.15) is 5.71 Å². The molecule has 0 unspecified atom stereocenters. The van der Waals surface area contributed by atoms with Crippen molar-refractivity contribution in [1.82, 2.24) is 15.6 Å². The monoisotopic (exact) mass is 413 g/mol. The van der Waals surface area contributed by atoms with Gasteiger partial charge in [-0.2, -0.15) is 10.2 Å². The Morgan fingerprint density at radius 2 is 2.03 bits per heavy atom. The van der Waals surface area contributed by atoms with Gasteiger partial charge in [0.2, 0.25) is 17.5 Å². The number of fused-ring (bicyclic) bond motifs is 1. The quantitative estimate of drug-likeness (QED) is 0.630. The number of carbonyl (C=O) groups is 1. The van der Waals surface area contributed by atoms with Gasteiger partial charge in [0.15, 0.2) is 0 Å². The Kier molecular flexibility index (Phi) is 4.94. The van der Waals surface area contributed by atoms with E-state index in [1.54, 1.807) is 6.21 Å². The predicted molar refractivity (Wildman–Crippen MR) is 115 cm³/mol. The van der Waals surface area contributed by atoms with Crippen LogP contribution in [0.3, 0.4) is 0 Å². The molecule has 0 saturated heterocycles. The first-order valence-corrected chi connectivity index (χ1v) is 10.7. The van der Waals surface area contributed by atoms with E-state index in [1.807, 2.05) is 13.1 Å². The average molecular weight is 414 g/mol. The van der Waals surface area contributed by atoms with Gasteiger partial charge >= 0.3 is 0 Å². The van der Waals surface area contributed by atoms with E-state index in [9.17, 15) is 4.79 Å². The van der Waals surface area contributed by atoms with Crippen LogP contribution in [0.4, 0.5) is 0 Å². The lowest BCUT2D eigenvalue weighted by atomic mass is 10.1. The number of hydrogen-bond donors (Lipinski definition) is 2. The number of H-pyrrole nitrogens is 1. The van der Waals surface area contributed by atoms with Gasteiger partial charge in [0.05, 0.1) is 11.6 Å². The molecule has 2 aromatic carbocycles. The highest BCUT2D eigenvalue weighted by molar-refractivity contribution is 5.80. The van der Waals surface area contributed by atoms with E-state index in [4.69, 9.17) is 0 Å². The Morgan fingerprint density at radius 1 is 1.23 bits per heavy atom. The van der Waals surface area contributed by atoms with E-state index < -0.39 is 0 Å². The molecule has 0 spiro atoms. The molecule has 2 aliphatic rings. The maximum absolute atomic E-state index is 11.7. The van der Waals surface area contributed by atoms with E-state index in [1.165, 1.54) is 16.5 Å². The molecule has 31 heavy (non-hydrogen) atoms. The molecule has 5 rings (SSSR count).